The van der Waals surface area contributed by atoms with Crippen molar-refractivity contribution in [3.05, 3.63) is 64.4 Å². The van der Waals surface area contributed by atoms with Crippen LogP contribution >= 0.6 is 11.6 Å². The molecule has 2 aromatic carbocycles. The second-order valence-corrected chi connectivity index (χ2v) is 7.61. The molecular formula is C22H21ClFNO4. The zero-order valence-corrected chi connectivity index (χ0v) is 16.7. The molecule has 1 aliphatic carbocycles. The molecular weight excluding hydrogens is 397 g/mol. The second kappa shape index (κ2) is 8.74. The molecule has 5 nitrogen and oxygen atoms in total. The Morgan fingerprint density at radius 1 is 1.10 bits per heavy atom. The largest absolute Gasteiger partial charge is 0.457 e. The van der Waals surface area contributed by atoms with Crippen LogP contribution in [-0.2, 0) is 19.7 Å². The van der Waals surface area contributed by atoms with Crippen LogP contribution in [0.25, 0.3) is 0 Å². The molecule has 2 aromatic rings. The molecule has 3 rings (SSSR count). The second-order valence-electron chi connectivity index (χ2n) is 7.17. The molecule has 1 amide bonds. The van der Waals surface area contributed by atoms with Crippen LogP contribution < -0.4 is 5.32 Å². The highest BCUT2D eigenvalue weighted by Gasteiger charge is 2.44. The van der Waals surface area contributed by atoms with Gasteiger partial charge in [0.15, 0.2) is 6.61 Å². The molecule has 0 atom stereocenters. The van der Waals surface area contributed by atoms with Crippen molar-refractivity contribution in [1.82, 2.24) is 0 Å². The first kappa shape index (κ1) is 21.0. The number of benzene rings is 2. The Labute approximate surface area is 173 Å². The smallest absolute Gasteiger partial charge is 0.317 e. The van der Waals surface area contributed by atoms with Gasteiger partial charge in [-0.2, -0.15) is 0 Å². The molecule has 0 spiro atoms. The third-order valence-corrected chi connectivity index (χ3v) is 5.42. The van der Waals surface area contributed by atoms with Crippen LogP contribution in [0.3, 0.4) is 0 Å². The topological polar surface area (TPSA) is 72.5 Å². The molecule has 0 radical (unpaired) electrons. The van der Waals surface area contributed by atoms with Gasteiger partial charge in [0.25, 0.3) is 0 Å². The van der Waals surface area contributed by atoms with Gasteiger partial charge >= 0.3 is 5.97 Å². The lowest BCUT2D eigenvalue weighted by atomic mass is 9.79. The van der Waals surface area contributed by atoms with Crippen LogP contribution in [0.5, 0.6) is 0 Å². The lowest BCUT2D eigenvalue weighted by Crippen LogP contribution is -2.35. The van der Waals surface area contributed by atoms with E-state index in [1.807, 2.05) is 0 Å². The van der Waals surface area contributed by atoms with Gasteiger partial charge in [-0.3, -0.25) is 14.4 Å². The van der Waals surface area contributed by atoms with Gasteiger partial charge in [0.05, 0.1) is 11.0 Å². The first-order valence-corrected chi connectivity index (χ1v) is 9.73. The third kappa shape index (κ3) is 4.65. The molecule has 0 unspecified atom stereocenters. The number of esters is 1. The van der Waals surface area contributed by atoms with Crippen molar-refractivity contribution in [3.63, 3.8) is 0 Å². The highest BCUT2D eigenvalue weighted by atomic mass is 35.5. The van der Waals surface area contributed by atoms with Crippen molar-refractivity contribution in [1.29, 1.82) is 0 Å². The first-order valence-electron chi connectivity index (χ1n) is 9.35. The number of rotatable bonds is 6. The summed E-state index contributed by atoms with van der Waals surface area (Å²) in [5.74, 6) is -2.26. The Hall–Kier alpha value is -2.73. The van der Waals surface area contributed by atoms with E-state index in [0.29, 0.717) is 17.9 Å². The minimum absolute atomic E-state index is 0.195. The van der Waals surface area contributed by atoms with Gasteiger partial charge in [-0.15, -0.1) is 0 Å². The summed E-state index contributed by atoms with van der Waals surface area (Å²) in [4.78, 5) is 36.3. The van der Waals surface area contributed by atoms with Crippen molar-refractivity contribution < 1.29 is 23.5 Å². The Bertz CT molecular complexity index is 936. The molecule has 0 aromatic heterocycles. The average Bonchev–Trinajstić information content (AvgIpc) is 3.17. The summed E-state index contributed by atoms with van der Waals surface area (Å²) in [6.45, 7) is 0.751. The number of hydrogen-bond acceptors (Lipinski definition) is 4. The van der Waals surface area contributed by atoms with E-state index in [9.17, 15) is 18.8 Å². The molecule has 0 heterocycles. The van der Waals surface area contributed by atoms with Gasteiger partial charge in [0, 0.05) is 17.6 Å². The number of Topliss-reactive ketones (excluding diaryl/α,β-unsaturated/α-hetero) is 1. The van der Waals surface area contributed by atoms with Crippen LogP contribution in [0, 0.1) is 5.82 Å². The summed E-state index contributed by atoms with van der Waals surface area (Å²) in [6.07, 6.45) is 3.01. The van der Waals surface area contributed by atoms with E-state index in [2.05, 4.69) is 5.32 Å². The summed E-state index contributed by atoms with van der Waals surface area (Å²) >= 11 is 5.95. The number of ketones is 1. The Kier molecular flexibility index (Phi) is 6.33. The Morgan fingerprint density at radius 3 is 2.34 bits per heavy atom. The van der Waals surface area contributed by atoms with Crippen LogP contribution in [-0.4, -0.2) is 24.3 Å². The van der Waals surface area contributed by atoms with Crippen molar-refractivity contribution in [3.8, 4) is 0 Å². The number of nitrogens with one attached hydrogen (secondary N) is 1. The van der Waals surface area contributed by atoms with Crippen molar-refractivity contribution in [2.75, 3.05) is 11.9 Å². The lowest BCUT2D eigenvalue weighted by Gasteiger charge is -2.27. The maximum Gasteiger partial charge on any atom is 0.317 e. The molecule has 1 saturated carbocycles. The fourth-order valence-electron chi connectivity index (χ4n) is 3.73. The number of anilines is 1. The maximum atomic E-state index is 14.2. The zero-order chi connectivity index (χ0) is 21.0. The van der Waals surface area contributed by atoms with Crippen LogP contribution in [0.15, 0.2) is 42.5 Å². The van der Waals surface area contributed by atoms with Gasteiger partial charge in [0.1, 0.15) is 5.82 Å². The van der Waals surface area contributed by atoms with Gasteiger partial charge in [-0.1, -0.05) is 36.6 Å². The summed E-state index contributed by atoms with van der Waals surface area (Å²) in [5, 5.41) is 3.01. The van der Waals surface area contributed by atoms with E-state index < -0.39 is 29.6 Å². The highest BCUT2D eigenvalue weighted by Crippen LogP contribution is 2.42. The molecule has 7 heteroatoms. The van der Waals surface area contributed by atoms with E-state index in [-0.39, 0.29) is 17.2 Å². The normalized spacial score (nSPS) is 15.0. The van der Waals surface area contributed by atoms with Gasteiger partial charge < -0.3 is 10.1 Å². The van der Waals surface area contributed by atoms with Crippen molar-refractivity contribution >= 4 is 34.9 Å². The third-order valence-electron chi connectivity index (χ3n) is 5.17. The monoisotopic (exact) mass is 417 g/mol. The minimum atomic E-state index is -0.807. The van der Waals surface area contributed by atoms with E-state index in [1.54, 1.807) is 24.3 Å². The Balaban J connectivity index is 1.71. The van der Waals surface area contributed by atoms with Crippen molar-refractivity contribution in [2.45, 2.75) is 38.0 Å². The van der Waals surface area contributed by atoms with Crippen LogP contribution in [0.4, 0.5) is 10.1 Å². The Morgan fingerprint density at radius 2 is 1.76 bits per heavy atom. The van der Waals surface area contributed by atoms with Gasteiger partial charge in [-0.25, -0.2) is 4.39 Å². The molecule has 0 saturated heterocycles. The average molecular weight is 418 g/mol. The van der Waals surface area contributed by atoms with Crippen LogP contribution in [0.1, 0.15) is 48.5 Å². The summed E-state index contributed by atoms with van der Waals surface area (Å²) in [5.41, 5.74) is 0.0522. The first-order chi connectivity index (χ1) is 13.8. The number of carbonyl (C=O) groups excluding carboxylic acids is 3. The fraction of sp³-hybridized carbons (Fsp3) is 0.318. The fourth-order valence-corrected chi connectivity index (χ4v) is 3.85. The van der Waals surface area contributed by atoms with Gasteiger partial charge in [0.2, 0.25) is 11.7 Å². The van der Waals surface area contributed by atoms with Crippen LogP contribution in [0.2, 0.25) is 5.02 Å². The minimum Gasteiger partial charge on any atom is -0.457 e. The SMILES string of the molecule is CC(=O)Nc1ccc(C(=O)COC(=O)C2(c3ccc(Cl)cc3)CCCC2)c(F)c1. The number of halogens is 2. The molecule has 152 valence electrons. The lowest BCUT2D eigenvalue weighted by molar-refractivity contribution is -0.149. The van der Waals surface area contributed by atoms with E-state index in [4.69, 9.17) is 16.3 Å². The predicted molar refractivity (Wildman–Crippen MR) is 108 cm³/mol. The number of amides is 1. The van der Waals surface area contributed by atoms with Crippen molar-refractivity contribution in [2.24, 2.45) is 0 Å². The van der Waals surface area contributed by atoms with E-state index in [1.165, 1.54) is 19.1 Å². The molecule has 0 aliphatic heterocycles. The number of hydrogen-bond donors (Lipinski definition) is 1. The number of carbonyl (C=O) groups is 3. The summed E-state index contributed by atoms with van der Waals surface area (Å²) in [6, 6.07) is 10.8. The highest BCUT2D eigenvalue weighted by molar-refractivity contribution is 6.30. The maximum absolute atomic E-state index is 14.2. The molecule has 1 aliphatic rings. The standard InChI is InChI=1S/C22H21ClFNO4/c1-14(26)25-17-8-9-18(19(24)12-17)20(27)13-29-21(28)22(10-2-3-11-22)15-4-6-16(23)7-5-15/h4-9,12H,2-3,10-11,13H2,1H3,(H,25,26). The summed E-state index contributed by atoms with van der Waals surface area (Å²) < 4.78 is 19.6. The quantitative estimate of drug-likeness (QED) is 0.547. The molecule has 1 fully saturated rings. The van der Waals surface area contributed by atoms with E-state index >= 15 is 0 Å². The number of ether oxygens (including phenoxy) is 1. The predicted octanol–water partition coefficient (Wildman–Crippen LogP) is 4.68. The zero-order valence-electron chi connectivity index (χ0n) is 16.0. The molecule has 29 heavy (non-hydrogen) atoms. The molecule has 0 bridgehead atoms. The van der Waals surface area contributed by atoms with E-state index in [0.717, 1.165) is 24.5 Å². The molecule has 1 N–H and O–H groups in total. The van der Waals surface area contributed by atoms with Gasteiger partial charge in [-0.05, 0) is 48.7 Å². The summed E-state index contributed by atoms with van der Waals surface area (Å²) in [7, 11) is 0.